The van der Waals surface area contributed by atoms with Gasteiger partial charge in [0.15, 0.2) is 11.8 Å². The van der Waals surface area contributed by atoms with E-state index in [1.807, 2.05) is 0 Å². The minimum absolute atomic E-state index is 0.173. The number of benzene rings is 1. The van der Waals surface area contributed by atoms with Crippen molar-refractivity contribution in [2.45, 2.75) is 32.5 Å². The van der Waals surface area contributed by atoms with Gasteiger partial charge in [0.05, 0.1) is 11.1 Å². The number of hydrogen-bond acceptors (Lipinski definition) is 1. The molecule has 0 aliphatic carbocycles. The van der Waals surface area contributed by atoms with E-state index >= 15 is 0 Å². The molecule has 0 heterocycles. The minimum Gasteiger partial charge on any atom is -0.623 e. The van der Waals surface area contributed by atoms with Crippen molar-refractivity contribution in [3.05, 3.63) is 40.4 Å². The molecule has 1 aromatic carbocycles. The number of halogens is 4. The maximum absolute atomic E-state index is 13.4. The second kappa shape index (κ2) is 4.59. The first-order valence-electron chi connectivity index (χ1n) is 5.20. The summed E-state index contributed by atoms with van der Waals surface area (Å²) in [6.45, 7) is 4.83. The van der Waals surface area contributed by atoms with Gasteiger partial charge in [-0.25, -0.2) is 9.13 Å². The van der Waals surface area contributed by atoms with Crippen molar-refractivity contribution in [3.63, 3.8) is 0 Å². The zero-order valence-corrected chi connectivity index (χ0v) is 10.2. The molecule has 0 bridgehead atoms. The predicted molar refractivity (Wildman–Crippen MR) is 59.9 cm³/mol. The Balaban J connectivity index is 3.16. The largest absolute Gasteiger partial charge is 0.623 e. The average molecular weight is 263 g/mol. The lowest BCUT2D eigenvalue weighted by Crippen LogP contribution is -2.29. The van der Waals surface area contributed by atoms with E-state index in [4.69, 9.17) is 0 Å². The number of hydroxylamine groups is 1. The summed E-state index contributed by atoms with van der Waals surface area (Å²) in [5.41, 5.74) is -2.03. The van der Waals surface area contributed by atoms with Gasteiger partial charge < -0.3 is 5.21 Å². The summed E-state index contributed by atoms with van der Waals surface area (Å²) < 4.78 is 50.8. The van der Waals surface area contributed by atoms with Gasteiger partial charge in [0.25, 0.3) is 0 Å². The van der Waals surface area contributed by atoms with Crippen LogP contribution in [0.1, 0.15) is 31.9 Å². The van der Waals surface area contributed by atoms with E-state index in [-0.39, 0.29) is 5.56 Å². The molecular formula is C12H13F4NO. The second-order valence-electron chi connectivity index (χ2n) is 4.86. The van der Waals surface area contributed by atoms with E-state index in [2.05, 4.69) is 0 Å². The number of hydrogen-bond donors (Lipinski definition) is 0. The van der Waals surface area contributed by atoms with Crippen molar-refractivity contribution in [1.82, 2.24) is 0 Å². The van der Waals surface area contributed by atoms with E-state index < -0.39 is 23.1 Å². The van der Waals surface area contributed by atoms with E-state index in [0.29, 0.717) is 10.8 Å². The van der Waals surface area contributed by atoms with E-state index in [1.165, 1.54) is 0 Å². The van der Waals surface area contributed by atoms with E-state index in [9.17, 15) is 22.8 Å². The molecule has 1 rings (SSSR count). The zero-order chi connectivity index (χ0) is 14.1. The fraction of sp³-hybridized carbons (Fsp3) is 0.417. The summed E-state index contributed by atoms with van der Waals surface area (Å²) in [5.74, 6) is -1.07. The Kier molecular flexibility index (Phi) is 3.69. The molecule has 0 radical (unpaired) electrons. The van der Waals surface area contributed by atoms with E-state index in [0.717, 1.165) is 18.3 Å². The molecule has 0 aliphatic heterocycles. The zero-order valence-electron chi connectivity index (χ0n) is 10.2. The third-order valence-corrected chi connectivity index (χ3v) is 2.25. The molecule has 18 heavy (non-hydrogen) atoms. The molecule has 0 amide bonds. The highest BCUT2D eigenvalue weighted by molar-refractivity contribution is 5.76. The smallest absolute Gasteiger partial charge is 0.416 e. The van der Waals surface area contributed by atoms with Gasteiger partial charge in [-0.05, 0) is 18.2 Å². The molecule has 100 valence electrons. The Morgan fingerprint density at radius 1 is 1.17 bits per heavy atom. The predicted octanol–water partition coefficient (Wildman–Crippen LogP) is 3.57. The third kappa shape index (κ3) is 3.45. The van der Waals surface area contributed by atoms with Gasteiger partial charge in [-0.15, -0.1) is 0 Å². The molecule has 0 unspecified atom stereocenters. The van der Waals surface area contributed by atoms with Crippen LogP contribution < -0.4 is 0 Å². The van der Waals surface area contributed by atoms with Crippen molar-refractivity contribution in [2.24, 2.45) is 0 Å². The first kappa shape index (κ1) is 14.5. The molecule has 0 saturated heterocycles. The van der Waals surface area contributed by atoms with Crippen LogP contribution in [-0.2, 0) is 6.18 Å². The highest BCUT2D eigenvalue weighted by atomic mass is 19.4. The van der Waals surface area contributed by atoms with Gasteiger partial charge in [-0.2, -0.15) is 13.2 Å². The van der Waals surface area contributed by atoms with Crippen LogP contribution in [0.5, 0.6) is 0 Å². The van der Waals surface area contributed by atoms with Gasteiger partial charge >= 0.3 is 6.18 Å². The van der Waals surface area contributed by atoms with Crippen LogP contribution in [0.25, 0.3) is 0 Å². The van der Waals surface area contributed by atoms with Crippen molar-refractivity contribution in [1.29, 1.82) is 0 Å². The highest BCUT2D eigenvalue weighted by Crippen LogP contribution is 2.29. The summed E-state index contributed by atoms with van der Waals surface area (Å²) in [5, 5.41) is 11.5. The van der Waals surface area contributed by atoms with Crippen LogP contribution in [0, 0.1) is 11.0 Å². The quantitative estimate of drug-likeness (QED) is 0.250. The summed E-state index contributed by atoms with van der Waals surface area (Å²) in [7, 11) is 0. The number of rotatable bonds is 1. The van der Waals surface area contributed by atoms with Crippen LogP contribution in [0.15, 0.2) is 18.2 Å². The standard InChI is InChI=1S/C12H13F4NO/c1-11(2,3)17(18)7-8-4-5-9(6-10(8)13)12(14,15)16/h4-7H,1-3H3/b17-7-. The van der Waals surface area contributed by atoms with Gasteiger partial charge in [-0.3, -0.25) is 0 Å². The molecule has 2 nitrogen and oxygen atoms in total. The average Bonchev–Trinajstić information content (AvgIpc) is 2.17. The van der Waals surface area contributed by atoms with Crippen LogP contribution in [-0.4, -0.2) is 16.5 Å². The molecule has 0 aliphatic rings. The normalized spacial score (nSPS) is 13.8. The first-order valence-corrected chi connectivity index (χ1v) is 5.20. The number of nitrogens with zero attached hydrogens (tertiary/aromatic N) is 1. The van der Waals surface area contributed by atoms with Gasteiger partial charge in [-0.1, -0.05) is 0 Å². The van der Waals surface area contributed by atoms with Crippen LogP contribution >= 0.6 is 0 Å². The minimum atomic E-state index is -4.60. The van der Waals surface area contributed by atoms with Gasteiger partial charge in [0.1, 0.15) is 5.82 Å². The van der Waals surface area contributed by atoms with Crippen LogP contribution in [0.4, 0.5) is 17.6 Å². The Bertz CT molecular complexity index is 472. The lowest BCUT2D eigenvalue weighted by Gasteiger charge is -2.18. The molecule has 6 heteroatoms. The fourth-order valence-corrected chi connectivity index (χ4v) is 1.13. The van der Waals surface area contributed by atoms with Gasteiger partial charge in [0, 0.05) is 20.8 Å². The maximum Gasteiger partial charge on any atom is 0.416 e. The topological polar surface area (TPSA) is 26.1 Å². The Morgan fingerprint density at radius 2 is 1.72 bits per heavy atom. The molecule has 0 fully saturated rings. The van der Waals surface area contributed by atoms with Crippen molar-refractivity contribution >= 4 is 6.21 Å². The summed E-state index contributed by atoms with van der Waals surface area (Å²) in [6.07, 6.45) is -3.66. The maximum atomic E-state index is 13.4. The van der Waals surface area contributed by atoms with Crippen molar-refractivity contribution < 1.29 is 22.3 Å². The summed E-state index contributed by atoms with van der Waals surface area (Å²) in [4.78, 5) is 0. The molecule has 1 aromatic rings. The summed E-state index contributed by atoms with van der Waals surface area (Å²) in [6, 6.07) is 2.06. The van der Waals surface area contributed by atoms with Crippen LogP contribution in [0.2, 0.25) is 0 Å². The molecule has 0 atom stereocenters. The van der Waals surface area contributed by atoms with Crippen LogP contribution in [0.3, 0.4) is 0 Å². The molecular weight excluding hydrogens is 250 g/mol. The Labute approximate surface area is 102 Å². The molecule has 0 saturated carbocycles. The van der Waals surface area contributed by atoms with Crippen molar-refractivity contribution in [2.75, 3.05) is 0 Å². The second-order valence-corrected chi connectivity index (χ2v) is 4.86. The Hall–Kier alpha value is -1.59. The molecule has 0 spiro atoms. The van der Waals surface area contributed by atoms with Gasteiger partial charge in [0.2, 0.25) is 0 Å². The Morgan fingerprint density at radius 3 is 2.11 bits per heavy atom. The monoisotopic (exact) mass is 263 g/mol. The fourth-order valence-electron chi connectivity index (χ4n) is 1.13. The van der Waals surface area contributed by atoms with Crippen molar-refractivity contribution in [3.8, 4) is 0 Å². The van der Waals surface area contributed by atoms with E-state index in [1.54, 1.807) is 20.8 Å². The molecule has 0 N–H and O–H groups in total. The number of alkyl halides is 3. The SMILES string of the molecule is CC(C)(C)/[N+]([O-])=C/c1ccc(C(F)(F)F)cc1F. The lowest BCUT2D eigenvalue weighted by atomic mass is 10.1. The first-order chi connectivity index (χ1) is 8.01. The molecule has 0 aromatic heterocycles. The third-order valence-electron chi connectivity index (χ3n) is 2.25. The highest BCUT2D eigenvalue weighted by Gasteiger charge is 2.31. The lowest BCUT2D eigenvalue weighted by molar-refractivity contribution is -0.530. The summed E-state index contributed by atoms with van der Waals surface area (Å²) >= 11 is 0.